The molecule has 0 aliphatic rings. The second-order valence-electron chi connectivity index (χ2n) is 6.97. The molecule has 26 heavy (non-hydrogen) atoms. The van der Waals surface area contributed by atoms with Crippen LogP contribution >= 0.6 is 0 Å². The molecule has 0 spiro atoms. The van der Waals surface area contributed by atoms with E-state index >= 15 is 0 Å². The summed E-state index contributed by atoms with van der Waals surface area (Å²) in [7, 11) is 0. The first-order valence-corrected chi connectivity index (χ1v) is 8.96. The number of nitrogens with two attached hydrogens (primary N) is 2. The molecule has 2 heteroatoms. The third kappa shape index (κ3) is 4.54. The zero-order valence-corrected chi connectivity index (χ0v) is 15.5. The van der Waals surface area contributed by atoms with Crippen molar-refractivity contribution in [2.24, 2.45) is 0 Å². The van der Waals surface area contributed by atoms with Crippen LogP contribution < -0.4 is 21.9 Å². The van der Waals surface area contributed by atoms with Crippen LogP contribution in [0.1, 0.15) is 25.0 Å². The van der Waals surface area contributed by atoms with Gasteiger partial charge in [0.1, 0.15) is 0 Å². The first-order valence-electron chi connectivity index (χ1n) is 8.96. The fourth-order valence-corrected chi connectivity index (χ4v) is 3.13. The highest BCUT2D eigenvalue weighted by Crippen LogP contribution is 2.11. The minimum absolute atomic E-state index is 0.808. The highest BCUT2D eigenvalue weighted by molar-refractivity contribution is 5.51. The third-order valence-corrected chi connectivity index (χ3v) is 4.77. The van der Waals surface area contributed by atoms with Gasteiger partial charge in [0.05, 0.1) is 0 Å². The van der Waals surface area contributed by atoms with Crippen molar-refractivity contribution < 1.29 is 0 Å². The van der Waals surface area contributed by atoms with Crippen LogP contribution in [-0.2, 0) is 12.8 Å². The number of benzene rings is 3. The molecule has 0 aromatic heterocycles. The van der Waals surface area contributed by atoms with Gasteiger partial charge in [0.2, 0.25) is 0 Å². The van der Waals surface area contributed by atoms with Crippen molar-refractivity contribution in [1.82, 2.24) is 0 Å². The van der Waals surface area contributed by atoms with Gasteiger partial charge in [-0.25, -0.2) is 0 Å². The van der Waals surface area contributed by atoms with Crippen LogP contribution in [0.2, 0.25) is 0 Å². The molecule has 0 aliphatic heterocycles. The van der Waals surface area contributed by atoms with Crippen molar-refractivity contribution in [3.63, 3.8) is 0 Å². The Morgan fingerprint density at radius 1 is 0.538 bits per heavy atom. The molecular formula is C24H26N2. The molecule has 0 amide bonds. The van der Waals surface area contributed by atoms with Gasteiger partial charge in [-0.3, -0.25) is 0 Å². The normalized spacial score (nSPS) is 10.5. The smallest absolute Gasteiger partial charge is 0.0314 e. The Labute approximate surface area is 155 Å². The first kappa shape index (κ1) is 17.8. The van der Waals surface area contributed by atoms with Crippen molar-refractivity contribution in [2.75, 3.05) is 11.5 Å². The lowest BCUT2D eigenvalue weighted by atomic mass is 10.0. The largest absolute Gasteiger partial charge is 0.399 e. The standard InChI is InChI=1S/C24H26N2/c1-17(15-19-3-11-23(25)12-4-19)21-7-9-22(10-8-21)18(2)16-20-5-13-24(26)14-6-20/h3-14H,15-16,25-26H2,1-2H3. The molecular weight excluding hydrogens is 316 g/mol. The highest BCUT2D eigenvalue weighted by Gasteiger charge is 1.98. The number of rotatable bonds is 4. The quantitative estimate of drug-likeness (QED) is 0.711. The van der Waals surface area contributed by atoms with E-state index in [1.54, 1.807) is 0 Å². The van der Waals surface area contributed by atoms with E-state index in [1.807, 2.05) is 24.3 Å². The molecule has 4 N–H and O–H groups in total. The molecule has 3 aromatic rings. The predicted octanol–water partition coefficient (Wildman–Crippen LogP) is 3.68. The van der Waals surface area contributed by atoms with Gasteiger partial charge in [0.15, 0.2) is 0 Å². The van der Waals surface area contributed by atoms with E-state index < -0.39 is 0 Å². The van der Waals surface area contributed by atoms with Crippen LogP contribution in [0.5, 0.6) is 0 Å². The summed E-state index contributed by atoms with van der Waals surface area (Å²) in [5, 5.41) is 2.57. The zero-order chi connectivity index (χ0) is 18.5. The number of nitrogen functional groups attached to an aromatic ring is 2. The van der Waals surface area contributed by atoms with Gasteiger partial charge in [-0.05, 0) is 72.5 Å². The Balaban J connectivity index is 1.81. The SMILES string of the molecule is CC(Cc1ccc(N)cc1)=c1ccc(=C(C)Cc2ccc(N)cc2)cc1. The number of hydrogen-bond donors (Lipinski definition) is 2. The number of anilines is 2. The van der Waals surface area contributed by atoms with Crippen LogP contribution in [0.4, 0.5) is 11.4 Å². The molecule has 0 saturated carbocycles. The lowest BCUT2D eigenvalue weighted by Crippen LogP contribution is -2.13. The van der Waals surface area contributed by atoms with Crippen molar-refractivity contribution in [2.45, 2.75) is 26.7 Å². The fraction of sp³-hybridized carbons (Fsp3) is 0.167. The summed E-state index contributed by atoms with van der Waals surface area (Å²) in [6, 6.07) is 25.1. The van der Waals surface area contributed by atoms with Crippen LogP contribution in [0.3, 0.4) is 0 Å². The Hall–Kier alpha value is -3.00. The third-order valence-electron chi connectivity index (χ3n) is 4.77. The molecule has 2 nitrogen and oxygen atoms in total. The molecule has 0 unspecified atom stereocenters. The Morgan fingerprint density at radius 2 is 0.846 bits per heavy atom. The summed E-state index contributed by atoms with van der Waals surface area (Å²) in [5.74, 6) is 0. The summed E-state index contributed by atoms with van der Waals surface area (Å²) in [6.07, 6.45) is 1.88. The lowest BCUT2D eigenvalue weighted by molar-refractivity contribution is 1.23. The Kier molecular flexibility index (Phi) is 5.43. The molecule has 0 radical (unpaired) electrons. The van der Waals surface area contributed by atoms with Crippen LogP contribution in [0.25, 0.3) is 11.1 Å². The first-order chi connectivity index (χ1) is 12.5. The highest BCUT2D eigenvalue weighted by atomic mass is 14.5. The molecule has 0 bridgehead atoms. The predicted molar refractivity (Wildman–Crippen MR) is 113 cm³/mol. The summed E-state index contributed by atoms with van der Waals surface area (Å²) in [4.78, 5) is 0. The summed E-state index contributed by atoms with van der Waals surface area (Å²) >= 11 is 0. The maximum Gasteiger partial charge on any atom is 0.0314 e. The van der Waals surface area contributed by atoms with Crippen molar-refractivity contribution in [3.05, 3.63) is 94.4 Å². The van der Waals surface area contributed by atoms with E-state index in [0.717, 1.165) is 24.2 Å². The monoisotopic (exact) mass is 342 g/mol. The minimum Gasteiger partial charge on any atom is -0.399 e. The number of hydrogen-bond acceptors (Lipinski definition) is 2. The summed E-state index contributed by atoms with van der Waals surface area (Å²) in [6.45, 7) is 4.38. The van der Waals surface area contributed by atoms with Gasteiger partial charge < -0.3 is 11.5 Å². The second-order valence-corrected chi connectivity index (χ2v) is 6.97. The maximum absolute atomic E-state index is 5.76. The average molecular weight is 342 g/mol. The van der Waals surface area contributed by atoms with Gasteiger partial charge >= 0.3 is 0 Å². The molecule has 0 atom stereocenters. The summed E-state index contributed by atoms with van der Waals surface area (Å²) in [5.41, 5.74) is 18.4. The molecule has 0 aliphatic carbocycles. The van der Waals surface area contributed by atoms with Crippen molar-refractivity contribution in [1.29, 1.82) is 0 Å². The van der Waals surface area contributed by atoms with Gasteiger partial charge in [0, 0.05) is 11.4 Å². The van der Waals surface area contributed by atoms with E-state index in [0.29, 0.717) is 0 Å². The van der Waals surface area contributed by atoms with Crippen LogP contribution in [-0.4, -0.2) is 0 Å². The molecule has 132 valence electrons. The second kappa shape index (κ2) is 7.92. The van der Waals surface area contributed by atoms with E-state index in [1.165, 1.54) is 32.7 Å². The topological polar surface area (TPSA) is 52.0 Å². The van der Waals surface area contributed by atoms with Crippen molar-refractivity contribution in [3.8, 4) is 0 Å². The van der Waals surface area contributed by atoms with E-state index in [4.69, 9.17) is 11.5 Å². The van der Waals surface area contributed by atoms with Gasteiger partial charge in [0.25, 0.3) is 0 Å². The van der Waals surface area contributed by atoms with Crippen LogP contribution in [0.15, 0.2) is 72.8 Å². The molecule has 3 rings (SSSR count). The van der Waals surface area contributed by atoms with E-state index in [-0.39, 0.29) is 0 Å². The summed E-state index contributed by atoms with van der Waals surface area (Å²) < 4.78 is 0. The Bertz CT molecular complexity index is 890. The van der Waals surface area contributed by atoms with E-state index in [9.17, 15) is 0 Å². The maximum atomic E-state index is 5.76. The fourth-order valence-electron chi connectivity index (χ4n) is 3.13. The minimum atomic E-state index is 0.808. The van der Waals surface area contributed by atoms with Gasteiger partial charge in [-0.1, -0.05) is 59.7 Å². The van der Waals surface area contributed by atoms with Gasteiger partial charge in [-0.2, -0.15) is 0 Å². The van der Waals surface area contributed by atoms with E-state index in [2.05, 4.69) is 62.4 Å². The molecule has 3 aromatic carbocycles. The molecule has 0 saturated heterocycles. The lowest BCUT2D eigenvalue weighted by Gasteiger charge is -2.05. The zero-order valence-electron chi connectivity index (χ0n) is 15.5. The van der Waals surface area contributed by atoms with Crippen LogP contribution in [0, 0.1) is 0 Å². The Morgan fingerprint density at radius 3 is 1.15 bits per heavy atom. The molecule has 0 heterocycles. The molecule has 0 fully saturated rings. The average Bonchev–Trinajstić information content (AvgIpc) is 2.65. The van der Waals surface area contributed by atoms with Gasteiger partial charge in [-0.15, -0.1) is 0 Å². The van der Waals surface area contributed by atoms with Crippen molar-refractivity contribution >= 4 is 22.5 Å².